The van der Waals surface area contributed by atoms with Gasteiger partial charge in [-0.3, -0.25) is 0 Å². The monoisotopic (exact) mass is 319 g/mol. The molecule has 0 spiro atoms. The van der Waals surface area contributed by atoms with E-state index in [2.05, 4.69) is 3.77 Å². The Balaban J connectivity index is 2.53. The smallest absolute Gasteiger partial charge is 0.209 e. The number of hydrogen-bond acceptors (Lipinski definition) is 4. The lowest BCUT2D eigenvalue weighted by Crippen LogP contribution is -2.01. The molecule has 0 saturated heterocycles. The number of nitrogens with zero attached hydrogens (tertiary/aromatic N) is 1. The number of hydrogen-bond donors (Lipinski definition) is 0. The molecule has 0 radical (unpaired) electrons. The molecule has 1 heterocycles. The summed E-state index contributed by atoms with van der Waals surface area (Å²) in [4.78, 5) is -0.181. The minimum atomic E-state index is -4.43. The quantitative estimate of drug-likeness (QED) is 0.816. The second-order valence-corrected chi connectivity index (χ2v) is 8.33. The van der Waals surface area contributed by atoms with E-state index in [1.807, 2.05) is 0 Å². The minimum Gasteiger partial charge on any atom is -0.209 e. The van der Waals surface area contributed by atoms with Gasteiger partial charge in [0.15, 0.2) is 0 Å². The van der Waals surface area contributed by atoms with Crippen LogP contribution in [0.2, 0.25) is 0 Å². The van der Waals surface area contributed by atoms with Crippen LogP contribution in [-0.2, 0) is 20.1 Å². The van der Waals surface area contributed by atoms with Crippen LogP contribution in [0.15, 0.2) is 54.7 Å². The van der Waals surface area contributed by atoms with Gasteiger partial charge in [-0.2, -0.15) is 8.42 Å². The molecular weight excluding hydrogens is 309 g/mol. The summed E-state index contributed by atoms with van der Waals surface area (Å²) in [6.07, 6.45) is 0. The van der Waals surface area contributed by atoms with Crippen molar-refractivity contribution in [1.82, 2.24) is 0 Å². The van der Waals surface area contributed by atoms with E-state index < -0.39 is 20.1 Å². The van der Waals surface area contributed by atoms with Crippen LogP contribution in [0.5, 0.6) is 0 Å². The maximum absolute atomic E-state index is 13.9. The molecule has 0 bridgehead atoms. The Kier molecular flexibility index (Phi) is 3.75. The molecule has 2 rings (SSSR count). The van der Waals surface area contributed by atoms with Gasteiger partial charge in [0.1, 0.15) is 4.21 Å². The zero-order valence-electron chi connectivity index (χ0n) is 9.82. The summed E-state index contributed by atoms with van der Waals surface area (Å²) in [6.45, 7) is 1.79. The molecule has 19 heavy (non-hydrogen) atoms. The standard InChI is InChI=1S/C11H10FNO3S3/c1-9-4-6-10(7-5-9)19(15,16)13-18(12,14)11-3-2-8-17-11/h2-8H,1H3. The Labute approximate surface area is 115 Å². The van der Waals surface area contributed by atoms with E-state index in [1.165, 1.54) is 29.6 Å². The minimum absolute atomic E-state index is 0.181. The van der Waals surface area contributed by atoms with E-state index in [9.17, 15) is 16.5 Å². The fraction of sp³-hybridized carbons (Fsp3) is 0.0909. The first-order chi connectivity index (χ1) is 8.81. The molecule has 1 aromatic heterocycles. The molecule has 1 atom stereocenters. The number of sulfonamides is 1. The summed E-state index contributed by atoms with van der Waals surface area (Å²) >= 11 is 0.860. The van der Waals surface area contributed by atoms with Crippen molar-refractivity contribution < 1.29 is 16.5 Å². The molecule has 0 aliphatic carbocycles. The number of aryl methyl sites for hydroxylation is 1. The van der Waals surface area contributed by atoms with Gasteiger partial charge in [0, 0.05) is 0 Å². The maximum atomic E-state index is 13.9. The number of rotatable bonds is 3. The van der Waals surface area contributed by atoms with Crippen LogP contribution in [0.4, 0.5) is 3.89 Å². The fourth-order valence-electron chi connectivity index (χ4n) is 1.32. The van der Waals surface area contributed by atoms with Crippen molar-refractivity contribution in [2.75, 3.05) is 0 Å². The normalized spacial score (nSPS) is 14.8. The lowest BCUT2D eigenvalue weighted by Gasteiger charge is -2.00. The largest absolute Gasteiger partial charge is 0.292 e. The predicted molar refractivity (Wildman–Crippen MR) is 72.6 cm³/mol. The Morgan fingerprint density at radius 2 is 1.74 bits per heavy atom. The summed E-state index contributed by atoms with van der Waals surface area (Å²) in [5.74, 6) is 0. The van der Waals surface area contributed by atoms with Gasteiger partial charge < -0.3 is 0 Å². The molecule has 4 nitrogen and oxygen atoms in total. The lowest BCUT2D eigenvalue weighted by atomic mass is 10.2. The molecule has 102 valence electrons. The van der Waals surface area contributed by atoms with Crippen molar-refractivity contribution in [2.45, 2.75) is 16.0 Å². The first-order valence-electron chi connectivity index (χ1n) is 5.14. The molecule has 2 aromatic rings. The highest BCUT2D eigenvalue weighted by molar-refractivity contribution is 8.01. The highest BCUT2D eigenvalue weighted by atomic mass is 32.3. The van der Waals surface area contributed by atoms with Crippen LogP contribution >= 0.6 is 11.3 Å². The SMILES string of the molecule is Cc1ccc(S(=O)(=O)N=S(=O)(F)c2cccs2)cc1. The molecular formula is C11H10FNO3S3. The summed E-state index contributed by atoms with van der Waals surface area (Å²) in [6, 6.07) is 8.46. The van der Waals surface area contributed by atoms with Crippen molar-refractivity contribution in [3.05, 3.63) is 47.3 Å². The zero-order valence-corrected chi connectivity index (χ0v) is 12.3. The van der Waals surface area contributed by atoms with Gasteiger partial charge in [0.05, 0.1) is 4.90 Å². The highest BCUT2D eigenvalue weighted by Gasteiger charge is 2.20. The third-order valence-electron chi connectivity index (χ3n) is 2.26. The third-order valence-corrected chi connectivity index (χ3v) is 6.88. The fourth-order valence-corrected chi connectivity index (χ4v) is 5.06. The van der Waals surface area contributed by atoms with Gasteiger partial charge in [-0.15, -0.1) is 15.2 Å². The first-order valence-corrected chi connectivity index (χ1v) is 8.88. The van der Waals surface area contributed by atoms with Crippen molar-refractivity contribution in [1.29, 1.82) is 0 Å². The molecule has 0 fully saturated rings. The molecule has 1 unspecified atom stereocenters. The van der Waals surface area contributed by atoms with E-state index in [0.29, 0.717) is 0 Å². The van der Waals surface area contributed by atoms with Crippen molar-refractivity contribution in [3.63, 3.8) is 0 Å². The predicted octanol–water partition coefficient (Wildman–Crippen LogP) is 3.16. The Bertz CT molecular complexity index is 786. The molecule has 0 amide bonds. The lowest BCUT2D eigenvalue weighted by molar-refractivity contribution is 0.596. The topological polar surface area (TPSA) is 63.6 Å². The second kappa shape index (κ2) is 5.03. The molecule has 0 aliphatic heterocycles. The number of thiophene rings is 1. The maximum Gasteiger partial charge on any atom is 0.292 e. The molecule has 8 heteroatoms. The van der Waals surface area contributed by atoms with Gasteiger partial charge in [-0.1, -0.05) is 27.5 Å². The van der Waals surface area contributed by atoms with Crippen LogP contribution < -0.4 is 0 Å². The molecule has 0 saturated carbocycles. The van der Waals surface area contributed by atoms with E-state index >= 15 is 0 Å². The Morgan fingerprint density at radius 1 is 1.11 bits per heavy atom. The second-order valence-electron chi connectivity index (χ2n) is 3.75. The van der Waals surface area contributed by atoms with Crippen LogP contribution in [-0.4, -0.2) is 12.6 Å². The van der Waals surface area contributed by atoms with Crippen molar-refractivity contribution in [3.8, 4) is 0 Å². The Morgan fingerprint density at radius 3 is 2.26 bits per heavy atom. The molecule has 0 N–H and O–H groups in total. The average molecular weight is 319 g/mol. The summed E-state index contributed by atoms with van der Waals surface area (Å²) in [5, 5.41) is 1.50. The van der Waals surface area contributed by atoms with Gasteiger partial charge in [-0.25, -0.2) is 4.21 Å². The van der Waals surface area contributed by atoms with Gasteiger partial charge in [-0.05, 0) is 30.5 Å². The van der Waals surface area contributed by atoms with E-state index in [1.54, 1.807) is 19.1 Å². The van der Waals surface area contributed by atoms with Crippen LogP contribution in [0.25, 0.3) is 0 Å². The molecule has 0 aliphatic rings. The van der Waals surface area contributed by atoms with Gasteiger partial charge in [0.2, 0.25) is 0 Å². The number of benzene rings is 1. The highest BCUT2D eigenvalue weighted by Crippen LogP contribution is 2.24. The van der Waals surface area contributed by atoms with E-state index in [0.717, 1.165) is 16.9 Å². The van der Waals surface area contributed by atoms with Crippen LogP contribution in [0.1, 0.15) is 5.56 Å². The summed E-state index contributed by atoms with van der Waals surface area (Å²) in [7, 11) is -8.71. The summed E-state index contributed by atoms with van der Waals surface area (Å²) in [5.41, 5.74) is 0.859. The number of halogens is 1. The van der Waals surface area contributed by atoms with Crippen LogP contribution in [0.3, 0.4) is 0 Å². The van der Waals surface area contributed by atoms with E-state index in [4.69, 9.17) is 0 Å². The van der Waals surface area contributed by atoms with Crippen LogP contribution in [0, 0.1) is 6.92 Å². The van der Waals surface area contributed by atoms with Crippen molar-refractivity contribution >= 4 is 31.5 Å². The van der Waals surface area contributed by atoms with Crippen molar-refractivity contribution in [2.24, 2.45) is 3.77 Å². The first kappa shape index (κ1) is 14.2. The van der Waals surface area contributed by atoms with Gasteiger partial charge in [0.25, 0.3) is 20.1 Å². The third kappa shape index (κ3) is 3.20. The Hall–Kier alpha value is -1.25. The zero-order chi connectivity index (χ0) is 14.1. The average Bonchev–Trinajstić information content (AvgIpc) is 2.82. The summed E-state index contributed by atoms with van der Waals surface area (Å²) < 4.78 is 52.1. The molecule has 1 aromatic carbocycles. The van der Waals surface area contributed by atoms with Gasteiger partial charge >= 0.3 is 0 Å². The van der Waals surface area contributed by atoms with E-state index in [-0.39, 0.29) is 9.10 Å².